The lowest BCUT2D eigenvalue weighted by Crippen LogP contribution is -2.52. The molecule has 3 aromatic heterocycles. The zero-order valence-corrected chi connectivity index (χ0v) is 22.8. The molecule has 7 nitrogen and oxygen atoms in total. The molecular formula is C29H27N5O2S2. The van der Waals surface area contributed by atoms with Crippen molar-refractivity contribution in [1.82, 2.24) is 19.9 Å². The number of aliphatic hydroxyl groups is 1. The fraction of sp³-hybridized carbons (Fsp3) is 0.207. The number of hydrogen-bond donors (Lipinski definition) is 2. The number of fused-ring (bicyclic) bond motifs is 1. The van der Waals surface area contributed by atoms with E-state index in [4.69, 9.17) is 6.42 Å². The Kier molecular flexibility index (Phi) is 7.15. The highest BCUT2D eigenvalue weighted by Gasteiger charge is 2.37. The number of terminal acetylenes is 1. The molecule has 3 heterocycles. The fourth-order valence-corrected chi connectivity index (χ4v) is 5.95. The number of rotatable bonds is 7. The number of imidazole rings is 1. The Balaban J connectivity index is 1.68. The number of aliphatic hydroxyl groups excluding tert-OH is 1. The summed E-state index contributed by atoms with van der Waals surface area (Å²) in [6.45, 7) is 5.93. The molecule has 2 atom stereocenters. The predicted molar refractivity (Wildman–Crippen MR) is 154 cm³/mol. The van der Waals surface area contributed by atoms with Gasteiger partial charge in [0, 0.05) is 39.4 Å². The minimum Gasteiger partial charge on any atom is -0.376 e. The minimum absolute atomic E-state index is 0.231. The smallest absolute Gasteiger partial charge is 0.278 e. The topological polar surface area (TPSA) is 83.3 Å². The van der Waals surface area contributed by atoms with E-state index in [1.54, 1.807) is 34.1 Å². The molecule has 5 rings (SSSR count). The molecular weight excluding hydrogens is 514 g/mol. The number of carbonyl (C=O) groups excluding carboxylic acids is 1. The number of carbonyl (C=O) groups is 1. The first-order valence-corrected chi connectivity index (χ1v) is 13.8. The van der Waals surface area contributed by atoms with Gasteiger partial charge in [0.25, 0.3) is 5.91 Å². The van der Waals surface area contributed by atoms with Gasteiger partial charge in [0.15, 0.2) is 5.01 Å². The highest BCUT2D eigenvalue weighted by Crippen LogP contribution is 2.38. The van der Waals surface area contributed by atoms with Crippen LogP contribution in [0.1, 0.15) is 47.9 Å². The third-order valence-corrected chi connectivity index (χ3v) is 7.74. The Bertz CT molecular complexity index is 1590. The van der Waals surface area contributed by atoms with E-state index in [0.29, 0.717) is 10.7 Å². The molecule has 2 unspecified atom stereocenters. The summed E-state index contributed by atoms with van der Waals surface area (Å²) in [6.07, 6.45) is 9.74. The number of amides is 1. The molecule has 38 heavy (non-hydrogen) atoms. The lowest BCUT2D eigenvalue weighted by atomic mass is 9.99. The maximum absolute atomic E-state index is 14.2. The van der Waals surface area contributed by atoms with Crippen LogP contribution in [0, 0.1) is 12.3 Å². The largest absolute Gasteiger partial charge is 0.376 e. The first-order chi connectivity index (χ1) is 18.2. The summed E-state index contributed by atoms with van der Waals surface area (Å²) in [6, 6.07) is 14.8. The van der Waals surface area contributed by atoms with Crippen molar-refractivity contribution in [3.8, 4) is 18.0 Å². The molecule has 2 N–H and O–H groups in total. The van der Waals surface area contributed by atoms with E-state index in [1.807, 2.05) is 85.4 Å². The summed E-state index contributed by atoms with van der Waals surface area (Å²) < 4.78 is 2.96. The molecule has 0 aliphatic rings. The average molecular weight is 542 g/mol. The van der Waals surface area contributed by atoms with Crippen molar-refractivity contribution in [3.05, 3.63) is 94.3 Å². The molecule has 0 aliphatic carbocycles. The van der Waals surface area contributed by atoms with E-state index in [9.17, 15) is 9.90 Å². The van der Waals surface area contributed by atoms with Crippen molar-refractivity contribution in [2.75, 3.05) is 4.90 Å². The van der Waals surface area contributed by atoms with Crippen molar-refractivity contribution < 1.29 is 9.90 Å². The van der Waals surface area contributed by atoms with Crippen LogP contribution in [0.4, 0.5) is 5.69 Å². The van der Waals surface area contributed by atoms with Crippen molar-refractivity contribution >= 4 is 44.4 Å². The van der Waals surface area contributed by atoms with E-state index in [2.05, 4.69) is 21.2 Å². The summed E-state index contributed by atoms with van der Waals surface area (Å²) in [7, 11) is 0. The van der Waals surface area contributed by atoms with Gasteiger partial charge in [-0.3, -0.25) is 15.0 Å². The van der Waals surface area contributed by atoms with Gasteiger partial charge in [0.1, 0.15) is 18.0 Å². The van der Waals surface area contributed by atoms with Gasteiger partial charge in [-0.25, -0.2) is 9.97 Å². The zero-order valence-electron chi connectivity index (χ0n) is 21.2. The summed E-state index contributed by atoms with van der Waals surface area (Å²) in [4.78, 5) is 24.3. The van der Waals surface area contributed by atoms with Crippen LogP contribution >= 0.6 is 22.7 Å². The first-order valence-electron chi connectivity index (χ1n) is 12.0. The van der Waals surface area contributed by atoms with Gasteiger partial charge in [-0.2, -0.15) is 0 Å². The number of nitrogens with zero attached hydrogens (tertiary/aromatic N) is 4. The maximum Gasteiger partial charge on any atom is 0.278 e. The fourth-order valence-electron chi connectivity index (χ4n) is 4.36. The summed E-state index contributed by atoms with van der Waals surface area (Å²) in [5.41, 5.74) is 2.17. The lowest BCUT2D eigenvalue weighted by molar-refractivity contribution is 0.0695. The van der Waals surface area contributed by atoms with Crippen LogP contribution in [0.15, 0.2) is 78.0 Å². The van der Waals surface area contributed by atoms with Crippen molar-refractivity contribution in [1.29, 1.82) is 0 Å². The van der Waals surface area contributed by atoms with Crippen LogP contribution in [0.5, 0.6) is 0 Å². The number of nitrogens with one attached hydrogen (secondary N) is 1. The standard InChI is InChI=1S/C29H27N5O2S2/c1-5-25-31-23(17-38-25)28(36)34(20-12-10-19(11-13-20)33-15-14-30-18-33)26(27(35)32-29(2,3)4)22-16-37-24-9-7-6-8-21(22)24/h1,6-18,26-27,32,35H,2-4H3. The maximum atomic E-state index is 14.2. The number of aromatic nitrogens is 3. The molecule has 9 heteroatoms. The van der Waals surface area contributed by atoms with E-state index in [-0.39, 0.29) is 11.6 Å². The van der Waals surface area contributed by atoms with Gasteiger partial charge in [-0.1, -0.05) is 18.2 Å². The van der Waals surface area contributed by atoms with Gasteiger partial charge in [-0.15, -0.1) is 29.1 Å². The third-order valence-electron chi connectivity index (χ3n) is 5.98. The Morgan fingerprint density at radius 2 is 1.89 bits per heavy atom. The molecule has 0 bridgehead atoms. The summed E-state index contributed by atoms with van der Waals surface area (Å²) in [5.74, 6) is 2.15. The summed E-state index contributed by atoms with van der Waals surface area (Å²) in [5, 5.41) is 20.1. The predicted octanol–water partition coefficient (Wildman–Crippen LogP) is 5.62. The average Bonchev–Trinajstić information content (AvgIpc) is 3.67. The van der Waals surface area contributed by atoms with Gasteiger partial charge in [-0.05, 0) is 73.4 Å². The van der Waals surface area contributed by atoms with Gasteiger partial charge in [0.05, 0.1) is 6.33 Å². The second-order valence-corrected chi connectivity index (χ2v) is 11.6. The highest BCUT2D eigenvalue weighted by molar-refractivity contribution is 7.17. The zero-order chi connectivity index (χ0) is 26.9. The first kappa shape index (κ1) is 25.8. The van der Waals surface area contributed by atoms with Crippen LogP contribution in [0.25, 0.3) is 15.8 Å². The molecule has 2 aromatic carbocycles. The quantitative estimate of drug-likeness (QED) is 0.206. The van der Waals surface area contributed by atoms with Crippen molar-refractivity contribution in [2.45, 2.75) is 38.6 Å². The van der Waals surface area contributed by atoms with Crippen LogP contribution in [-0.4, -0.2) is 37.3 Å². The summed E-state index contributed by atoms with van der Waals surface area (Å²) >= 11 is 2.82. The molecule has 0 saturated heterocycles. The van der Waals surface area contributed by atoms with Crippen molar-refractivity contribution in [2.24, 2.45) is 0 Å². The molecule has 5 aromatic rings. The van der Waals surface area contributed by atoms with Gasteiger partial charge >= 0.3 is 0 Å². The molecule has 0 radical (unpaired) electrons. The Labute approximate surface area is 229 Å². The van der Waals surface area contributed by atoms with Crippen molar-refractivity contribution in [3.63, 3.8) is 0 Å². The van der Waals surface area contributed by atoms with Crippen LogP contribution in [-0.2, 0) is 0 Å². The van der Waals surface area contributed by atoms with Gasteiger partial charge in [0.2, 0.25) is 0 Å². The number of hydrogen-bond acceptors (Lipinski definition) is 7. The van der Waals surface area contributed by atoms with Gasteiger partial charge < -0.3 is 9.67 Å². The van der Waals surface area contributed by atoms with E-state index in [1.165, 1.54) is 11.3 Å². The number of thiazole rings is 1. The molecule has 0 spiro atoms. The van der Waals surface area contributed by atoms with E-state index >= 15 is 0 Å². The monoisotopic (exact) mass is 541 g/mol. The van der Waals surface area contributed by atoms with E-state index in [0.717, 1.165) is 21.3 Å². The number of anilines is 1. The second-order valence-electron chi connectivity index (χ2n) is 9.81. The van der Waals surface area contributed by atoms with Crippen LogP contribution < -0.4 is 10.2 Å². The molecule has 0 aliphatic heterocycles. The Morgan fingerprint density at radius 1 is 1.13 bits per heavy atom. The van der Waals surface area contributed by atoms with Crippen LogP contribution in [0.3, 0.4) is 0 Å². The lowest BCUT2D eigenvalue weighted by Gasteiger charge is -2.38. The van der Waals surface area contributed by atoms with Crippen LogP contribution in [0.2, 0.25) is 0 Å². The third kappa shape index (κ3) is 5.26. The van der Waals surface area contributed by atoms with E-state index < -0.39 is 17.8 Å². The molecule has 0 fully saturated rings. The number of thiophene rings is 1. The molecule has 1 amide bonds. The second kappa shape index (κ2) is 10.5. The minimum atomic E-state index is -1.09. The normalized spacial score (nSPS) is 13.2. The number of benzene rings is 2. The Morgan fingerprint density at radius 3 is 2.55 bits per heavy atom. The highest BCUT2D eigenvalue weighted by atomic mass is 32.1. The Hall–Kier alpha value is -3.81. The molecule has 0 saturated carbocycles. The molecule has 192 valence electrons. The SMILES string of the molecule is C#Cc1nc(C(=O)N(c2ccc(-n3ccnc3)cc2)C(c2csc3ccccc23)C(O)NC(C)(C)C)cs1.